The van der Waals surface area contributed by atoms with Crippen LogP contribution in [0.2, 0.25) is 0 Å². The van der Waals surface area contributed by atoms with Crippen LogP contribution in [0.1, 0.15) is 12.8 Å². The van der Waals surface area contributed by atoms with E-state index in [4.69, 9.17) is 0 Å². The zero-order valence-electron chi connectivity index (χ0n) is 12.2. The largest absolute Gasteiger partial charge is 0.311 e. The highest BCUT2D eigenvalue weighted by molar-refractivity contribution is 7.91. The molecule has 118 valence electrons. The van der Waals surface area contributed by atoms with Crippen LogP contribution < -0.4 is 5.32 Å². The molecule has 1 aliphatic heterocycles. The fourth-order valence-electron chi connectivity index (χ4n) is 2.52. The summed E-state index contributed by atoms with van der Waals surface area (Å²) in [5.41, 5.74) is 1.83. The van der Waals surface area contributed by atoms with Crippen LogP contribution in [0.4, 0.5) is 5.82 Å². The van der Waals surface area contributed by atoms with Crippen LogP contribution in [0.3, 0.4) is 0 Å². The van der Waals surface area contributed by atoms with E-state index in [1.54, 1.807) is 23.1 Å². The molecule has 2 aromatic rings. The molecule has 0 bridgehead atoms. The molecule has 1 N–H and O–H groups in total. The van der Waals surface area contributed by atoms with E-state index in [1.807, 2.05) is 22.9 Å². The monoisotopic (exact) mass is 339 g/mol. The summed E-state index contributed by atoms with van der Waals surface area (Å²) in [5, 5.41) is 11.2. The van der Waals surface area contributed by atoms with Gasteiger partial charge in [-0.1, -0.05) is 0 Å². The maximum Gasteiger partial charge on any atom is 0.228 e. The van der Waals surface area contributed by atoms with E-state index < -0.39 is 9.84 Å². The summed E-state index contributed by atoms with van der Waals surface area (Å²) in [7, 11) is -1.18. The number of thiophene rings is 1. The maximum atomic E-state index is 12.3. The van der Waals surface area contributed by atoms with E-state index >= 15 is 0 Å². The Labute approximate surface area is 133 Å². The number of sulfone groups is 1. The Morgan fingerprint density at radius 3 is 2.77 bits per heavy atom. The minimum atomic E-state index is -2.95. The Kier molecular flexibility index (Phi) is 4.05. The average Bonchev–Trinajstić information content (AvgIpc) is 3.09. The van der Waals surface area contributed by atoms with Crippen molar-refractivity contribution < 1.29 is 13.2 Å². The van der Waals surface area contributed by atoms with Crippen LogP contribution in [0, 0.1) is 5.92 Å². The second-order valence-corrected chi connectivity index (χ2v) is 8.55. The van der Waals surface area contributed by atoms with Gasteiger partial charge in [0.2, 0.25) is 5.91 Å². The molecule has 0 saturated carbocycles. The van der Waals surface area contributed by atoms with E-state index in [0.717, 1.165) is 11.3 Å². The Balaban J connectivity index is 1.70. The molecular formula is C14H17N3O3S2. The summed E-state index contributed by atoms with van der Waals surface area (Å²) in [6, 6.07) is 3.81. The lowest BCUT2D eigenvalue weighted by molar-refractivity contribution is -0.120. The average molecular weight is 339 g/mol. The summed E-state index contributed by atoms with van der Waals surface area (Å²) in [4.78, 5) is 12.3. The van der Waals surface area contributed by atoms with Crippen LogP contribution >= 0.6 is 11.3 Å². The second-order valence-electron chi connectivity index (χ2n) is 5.47. The number of hydrogen-bond acceptors (Lipinski definition) is 5. The van der Waals surface area contributed by atoms with Gasteiger partial charge in [0, 0.05) is 30.0 Å². The number of aromatic nitrogens is 2. The number of aryl methyl sites for hydroxylation is 1. The van der Waals surface area contributed by atoms with Crippen molar-refractivity contribution in [2.24, 2.45) is 13.0 Å². The molecule has 1 fully saturated rings. The van der Waals surface area contributed by atoms with Crippen molar-refractivity contribution in [1.29, 1.82) is 0 Å². The van der Waals surface area contributed by atoms with E-state index in [1.165, 1.54) is 0 Å². The molecule has 3 rings (SSSR count). The minimum Gasteiger partial charge on any atom is -0.311 e. The fourth-order valence-corrected chi connectivity index (χ4v) is 4.66. The summed E-state index contributed by atoms with van der Waals surface area (Å²) >= 11 is 1.59. The number of amides is 1. The Morgan fingerprint density at radius 1 is 1.41 bits per heavy atom. The van der Waals surface area contributed by atoms with Crippen molar-refractivity contribution >= 4 is 32.9 Å². The van der Waals surface area contributed by atoms with Crippen LogP contribution in [-0.2, 0) is 21.7 Å². The third-order valence-corrected chi connectivity index (χ3v) is 6.27. The predicted molar refractivity (Wildman–Crippen MR) is 86.5 cm³/mol. The third kappa shape index (κ3) is 3.22. The Morgan fingerprint density at radius 2 is 2.14 bits per heavy atom. The topological polar surface area (TPSA) is 81.1 Å². The summed E-state index contributed by atoms with van der Waals surface area (Å²) in [5.74, 6) is 0.435. The van der Waals surface area contributed by atoms with Crippen LogP contribution in [-0.4, -0.2) is 35.6 Å². The third-order valence-electron chi connectivity index (χ3n) is 3.87. The number of rotatable bonds is 3. The summed E-state index contributed by atoms with van der Waals surface area (Å²) in [6.45, 7) is 0. The smallest absolute Gasteiger partial charge is 0.228 e. The van der Waals surface area contributed by atoms with Crippen molar-refractivity contribution in [2.45, 2.75) is 12.8 Å². The van der Waals surface area contributed by atoms with E-state index in [-0.39, 0.29) is 23.3 Å². The Bertz CT molecular complexity index is 764. The molecule has 0 aliphatic carbocycles. The van der Waals surface area contributed by atoms with E-state index in [9.17, 15) is 13.2 Å². The summed E-state index contributed by atoms with van der Waals surface area (Å²) in [6.07, 6.45) is 0.785. The first-order valence-electron chi connectivity index (χ1n) is 7.02. The molecule has 0 aromatic carbocycles. The van der Waals surface area contributed by atoms with Gasteiger partial charge in [-0.25, -0.2) is 8.42 Å². The van der Waals surface area contributed by atoms with Crippen molar-refractivity contribution in [1.82, 2.24) is 9.78 Å². The molecule has 3 heterocycles. The first kappa shape index (κ1) is 15.2. The molecule has 0 radical (unpaired) electrons. The molecular weight excluding hydrogens is 322 g/mol. The van der Waals surface area contributed by atoms with Gasteiger partial charge in [0.05, 0.1) is 17.2 Å². The highest BCUT2D eigenvalue weighted by atomic mass is 32.2. The second kappa shape index (κ2) is 5.85. The number of anilines is 1. The number of hydrogen-bond donors (Lipinski definition) is 1. The quantitative estimate of drug-likeness (QED) is 0.926. The lowest BCUT2D eigenvalue weighted by Gasteiger charge is -2.20. The van der Waals surface area contributed by atoms with E-state index in [2.05, 4.69) is 10.4 Å². The molecule has 22 heavy (non-hydrogen) atoms. The van der Waals surface area contributed by atoms with Crippen LogP contribution in [0.15, 0.2) is 22.9 Å². The highest BCUT2D eigenvalue weighted by Gasteiger charge is 2.28. The fraction of sp³-hybridized carbons (Fsp3) is 0.429. The summed E-state index contributed by atoms with van der Waals surface area (Å²) < 4.78 is 24.5. The van der Waals surface area contributed by atoms with Gasteiger partial charge in [-0.2, -0.15) is 16.4 Å². The van der Waals surface area contributed by atoms with Crippen LogP contribution in [0.5, 0.6) is 0 Å². The minimum absolute atomic E-state index is 0.0939. The molecule has 1 aliphatic rings. The van der Waals surface area contributed by atoms with Gasteiger partial charge in [-0.05, 0) is 24.3 Å². The van der Waals surface area contributed by atoms with Crippen molar-refractivity contribution in [2.75, 3.05) is 16.8 Å². The van der Waals surface area contributed by atoms with Gasteiger partial charge in [0.1, 0.15) is 15.7 Å². The molecule has 0 spiro atoms. The van der Waals surface area contributed by atoms with Crippen molar-refractivity contribution in [3.05, 3.63) is 22.9 Å². The Hall–Kier alpha value is -1.67. The molecule has 0 atom stereocenters. The lowest BCUT2D eigenvalue weighted by atomic mass is 10.0. The normalized spacial score (nSPS) is 18.2. The maximum absolute atomic E-state index is 12.3. The van der Waals surface area contributed by atoms with Gasteiger partial charge >= 0.3 is 0 Å². The van der Waals surface area contributed by atoms with Crippen LogP contribution in [0.25, 0.3) is 11.3 Å². The SMILES string of the molecule is Cn1nc(-c2ccsc2)cc1NC(=O)C1CCS(=O)(=O)CC1. The van der Waals surface area contributed by atoms with Crippen molar-refractivity contribution in [3.63, 3.8) is 0 Å². The predicted octanol–water partition coefficient (Wildman–Crippen LogP) is 1.91. The zero-order valence-corrected chi connectivity index (χ0v) is 13.8. The molecule has 1 saturated heterocycles. The van der Waals surface area contributed by atoms with E-state index in [0.29, 0.717) is 18.7 Å². The number of carbonyl (C=O) groups is 1. The van der Waals surface area contributed by atoms with Gasteiger partial charge < -0.3 is 5.32 Å². The molecule has 0 unspecified atom stereocenters. The van der Waals surface area contributed by atoms with Gasteiger partial charge in [-0.15, -0.1) is 0 Å². The molecule has 8 heteroatoms. The first-order valence-corrected chi connectivity index (χ1v) is 9.79. The van der Waals surface area contributed by atoms with Gasteiger partial charge in [0.15, 0.2) is 0 Å². The number of nitrogens with one attached hydrogen (secondary N) is 1. The number of nitrogens with zero attached hydrogens (tertiary/aromatic N) is 2. The van der Waals surface area contributed by atoms with Gasteiger partial charge in [-0.3, -0.25) is 9.48 Å². The van der Waals surface area contributed by atoms with Gasteiger partial charge in [0.25, 0.3) is 0 Å². The highest BCUT2D eigenvalue weighted by Crippen LogP contribution is 2.25. The van der Waals surface area contributed by atoms with Crippen molar-refractivity contribution in [3.8, 4) is 11.3 Å². The zero-order chi connectivity index (χ0) is 15.7. The molecule has 6 nitrogen and oxygen atoms in total. The molecule has 1 amide bonds. The molecule has 2 aromatic heterocycles. The first-order chi connectivity index (χ1) is 10.4. The standard InChI is InChI=1S/C14H17N3O3S2/c1-17-13(8-12(16-17)11-2-5-21-9-11)15-14(18)10-3-6-22(19,20)7-4-10/h2,5,8-10H,3-4,6-7H2,1H3,(H,15,18). The lowest BCUT2D eigenvalue weighted by Crippen LogP contribution is -2.32. The number of carbonyl (C=O) groups excluding carboxylic acids is 1.